The van der Waals surface area contributed by atoms with Crippen LogP contribution in [-0.4, -0.2) is 6.61 Å². The number of rotatable bonds is 4. The Hall–Kier alpha value is -1.18. The maximum absolute atomic E-state index is 5.69. The standard InChI is InChI=1S/C12H17NO/c1-9-8-11(13)4-5-12(9)14-7-6-10-2-3-10/h4-5,8,10H,2-3,6-7,13H2,1H3. The van der Waals surface area contributed by atoms with Crippen LogP contribution in [-0.2, 0) is 0 Å². The van der Waals surface area contributed by atoms with E-state index in [2.05, 4.69) is 0 Å². The average molecular weight is 191 g/mol. The topological polar surface area (TPSA) is 35.2 Å². The number of ether oxygens (including phenoxy) is 1. The van der Waals surface area contributed by atoms with E-state index < -0.39 is 0 Å². The van der Waals surface area contributed by atoms with Crippen molar-refractivity contribution in [1.29, 1.82) is 0 Å². The summed E-state index contributed by atoms with van der Waals surface area (Å²) in [6.45, 7) is 2.87. The van der Waals surface area contributed by atoms with E-state index in [9.17, 15) is 0 Å². The predicted molar refractivity (Wildman–Crippen MR) is 58.4 cm³/mol. The zero-order chi connectivity index (χ0) is 9.97. The van der Waals surface area contributed by atoms with Crippen LogP contribution in [0.2, 0.25) is 0 Å². The van der Waals surface area contributed by atoms with Gasteiger partial charge < -0.3 is 10.5 Å². The summed E-state index contributed by atoms with van der Waals surface area (Å²) in [4.78, 5) is 0. The van der Waals surface area contributed by atoms with Crippen LogP contribution in [0, 0.1) is 12.8 Å². The number of aryl methyl sites for hydroxylation is 1. The monoisotopic (exact) mass is 191 g/mol. The first-order chi connectivity index (χ1) is 6.75. The molecule has 0 saturated heterocycles. The number of anilines is 1. The van der Waals surface area contributed by atoms with Gasteiger partial charge in [-0.3, -0.25) is 0 Å². The Kier molecular flexibility index (Phi) is 2.62. The molecule has 0 aromatic heterocycles. The second-order valence-electron chi connectivity index (χ2n) is 4.11. The average Bonchev–Trinajstić information content (AvgIpc) is 2.92. The number of nitrogens with two attached hydrogens (primary N) is 1. The fourth-order valence-electron chi connectivity index (χ4n) is 1.58. The van der Waals surface area contributed by atoms with Gasteiger partial charge >= 0.3 is 0 Å². The first kappa shape index (κ1) is 9.38. The van der Waals surface area contributed by atoms with Crippen molar-refractivity contribution in [3.8, 4) is 5.75 Å². The Morgan fingerprint density at radius 3 is 2.86 bits per heavy atom. The smallest absolute Gasteiger partial charge is 0.122 e. The third kappa shape index (κ3) is 2.41. The summed E-state index contributed by atoms with van der Waals surface area (Å²) in [6, 6.07) is 5.80. The van der Waals surface area contributed by atoms with Gasteiger partial charge in [-0.15, -0.1) is 0 Å². The van der Waals surface area contributed by atoms with Gasteiger partial charge in [0.2, 0.25) is 0 Å². The van der Waals surface area contributed by atoms with Crippen molar-refractivity contribution < 1.29 is 4.74 Å². The predicted octanol–water partition coefficient (Wildman–Crippen LogP) is 2.76. The molecule has 1 aromatic rings. The Bertz CT molecular complexity index is 318. The van der Waals surface area contributed by atoms with E-state index in [0.29, 0.717) is 0 Å². The van der Waals surface area contributed by atoms with Gasteiger partial charge in [0.05, 0.1) is 6.61 Å². The van der Waals surface area contributed by atoms with Crippen molar-refractivity contribution in [2.75, 3.05) is 12.3 Å². The van der Waals surface area contributed by atoms with Crippen molar-refractivity contribution >= 4 is 5.69 Å². The molecule has 1 fully saturated rings. The van der Waals surface area contributed by atoms with Crippen LogP contribution in [0.1, 0.15) is 24.8 Å². The SMILES string of the molecule is Cc1cc(N)ccc1OCCC1CC1. The maximum Gasteiger partial charge on any atom is 0.122 e. The summed E-state index contributed by atoms with van der Waals surface area (Å²) in [5, 5.41) is 0. The third-order valence-corrected chi connectivity index (χ3v) is 2.68. The molecule has 76 valence electrons. The zero-order valence-corrected chi connectivity index (χ0v) is 8.62. The normalized spacial score (nSPS) is 15.5. The second kappa shape index (κ2) is 3.91. The molecule has 0 aliphatic heterocycles. The lowest BCUT2D eigenvalue weighted by molar-refractivity contribution is 0.300. The summed E-state index contributed by atoms with van der Waals surface area (Å²) in [7, 11) is 0. The van der Waals surface area contributed by atoms with Crippen molar-refractivity contribution in [2.24, 2.45) is 5.92 Å². The highest BCUT2D eigenvalue weighted by Gasteiger charge is 2.20. The molecule has 1 aromatic carbocycles. The highest BCUT2D eigenvalue weighted by Crippen LogP contribution is 2.32. The van der Waals surface area contributed by atoms with Gasteiger partial charge in [0, 0.05) is 5.69 Å². The molecule has 1 saturated carbocycles. The fourth-order valence-corrected chi connectivity index (χ4v) is 1.58. The van der Waals surface area contributed by atoms with E-state index in [1.54, 1.807) is 0 Å². The summed E-state index contributed by atoms with van der Waals surface area (Å²) in [5.74, 6) is 1.91. The molecular formula is C12H17NO. The lowest BCUT2D eigenvalue weighted by Gasteiger charge is -2.08. The van der Waals surface area contributed by atoms with E-state index in [0.717, 1.165) is 29.5 Å². The fraction of sp³-hybridized carbons (Fsp3) is 0.500. The van der Waals surface area contributed by atoms with Gasteiger partial charge in [-0.1, -0.05) is 12.8 Å². The van der Waals surface area contributed by atoms with Crippen LogP contribution in [0.5, 0.6) is 5.75 Å². The minimum absolute atomic E-state index is 0.803. The largest absolute Gasteiger partial charge is 0.493 e. The summed E-state index contributed by atoms with van der Waals surface area (Å²) < 4.78 is 5.69. The lowest BCUT2D eigenvalue weighted by atomic mass is 10.2. The summed E-state index contributed by atoms with van der Waals surface area (Å²) in [6.07, 6.45) is 3.98. The van der Waals surface area contributed by atoms with E-state index in [-0.39, 0.29) is 0 Å². The Balaban J connectivity index is 1.87. The zero-order valence-electron chi connectivity index (χ0n) is 8.62. The van der Waals surface area contributed by atoms with Crippen LogP contribution in [0.25, 0.3) is 0 Å². The quantitative estimate of drug-likeness (QED) is 0.743. The van der Waals surface area contributed by atoms with E-state index in [4.69, 9.17) is 10.5 Å². The first-order valence-electron chi connectivity index (χ1n) is 5.24. The van der Waals surface area contributed by atoms with Crippen LogP contribution >= 0.6 is 0 Å². The number of hydrogen-bond acceptors (Lipinski definition) is 2. The third-order valence-electron chi connectivity index (χ3n) is 2.68. The van der Waals surface area contributed by atoms with Crippen molar-refractivity contribution in [3.63, 3.8) is 0 Å². The summed E-state index contributed by atoms with van der Waals surface area (Å²) in [5.41, 5.74) is 7.59. The Morgan fingerprint density at radius 1 is 1.43 bits per heavy atom. The molecular weight excluding hydrogens is 174 g/mol. The molecule has 0 unspecified atom stereocenters. The minimum Gasteiger partial charge on any atom is -0.493 e. The molecule has 1 aliphatic carbocycles. The molecule has 0 bridgehead atoms. The van der Waals surface area contributed by atoms with Gasteiger partial charge in [-0.05, 0) is 43.0 Å². The van der Waals surface area contributed by atoms with Crippen LogP contribution in [0.3, 0.4) is 0 Å². The minimum atomic E-state index is 0.803. The van der Waals surface area contributed by atoms with Gasteiger partial charge in [-0.2, -0.15) is 0 Å². The molecule has 2 heteroatoms. The van der Waals surface area contributed by atoms with Crippen molar-refractivity contribution in [3.05, 3.63) is 23.8 Å². The van der Waals surface area contributed by atoms with Gasteiger partial charge in [0.25, 0.3) is 0 Å². The molecule has 14 heavy (non-hydrogen) atoms. The molecule has 0 amide bonds. The van der Waals surface area contributed by atoms with Crippen LogP contribution in [0.4, 0.5) is 5.69 Å². The van der Waals surface area contributed by atoms with E-state index in [1.807, 2.05) is 25.1 Å². The Labute approximate surface area is 85.1 Å². The molecule has 0 atom stereocenters. The van der Waals surface area contributed by atoms with Gasteiger partial charge in [-0.25, -0.2) is 0 Å². The van der Waals surface area contributed by atoms with Crippen molar-refractivity contribution in [1.82, 2.24) is 0 Å². The highest BCUT2D eigenvalue weighted by atomic mass is 16.5. The maximum atomic E-state index is 5.69. The molecule has 1 aliphatic rings. The van der Waals surface area contributed by atoms with Crippen LogP contribution in [0.15, 0.2) is 18.2 Å². The lowest BCUT2D eigenvalue weighted by Crippen LogP contribution is -2.00. The van der Waals surface area contributed by atoms with Gasteiger partial charge in [0.15, 0.2) is 0 Å². The van der Waals surface area contributed by atoms with Crippen molar-refractivity contribution in [2.45, 2.75) is 26.2 Å². The molecule has 2 nitrogen and oxygen atoms in total. The molecule has 2 N–H and O–H groups in total. The van der Waals surface area contributed by atoms with Crippen LogP contribution < -0.4 is 10.5 Å². The number of nitrogen functional groups attached to an aromatic ring is 1. The number of benzene rings is 1. The van der Waals surface area contributed by atoms with E-state index in [1.165, 1.54) is 19.3 Å². The second-order valence-corrected chi connectivity index (χ2v) is 4.11. The molecule has 2 rings (SSSR count). The molecule has 0 radical (unpaired) electrons. The molecule has 0 spiro atoms. The Morgan fingerprint density at radius 2 is 2.21 bits per heavy atom. The summed E-state index contributed by atoms with van der Waals surface area (Å²) >= 11 is 0. The number of hydrogen-bond donors (Lipinski definition) is 1. The molecule has 0 heterocycles. The first-order valence-corrected chi connectivity index (χ1v) is 5.24. The highest BCUT2D eigenvalue weighted by molar-refractivity contribution is 5.47. The van der Waals surface area contributed by atoms with E-state index >= 15 is 0 Å². The van der Waals surface area contributed by atoms with Gasteiger partial charge in [0.1, 0.15) is 5.75 Å².